The number of sulfonamides is 1. The Kier molecular flexibility index (Phi) is 7.48. The SMILES string of the molecule is CCOC(=O)c1sc(NC(=O)C2CCCN2S(=O)(=O)c2ccc(OC)cc2)nc1-c1ccccc1. The third-order valence-corrected chi connectivity index (χ3v) is 8.41. The van der Waals surface area contributed by atoms with Gasteiger partial charge in [-0.1, -0.05) is 41.7 Å². The number of aromatic nitrogens is 1. The molecule has 1 amide bonds. The normalized spacial score (nSPS) is 16.1. The molecule has 4 rings (SSSR count). The zero-order chi connectivity index (χ0) is 25.0. The fourth-order valence-corrected chi connectivity index (χ4v) is 6.40. The second kappa shape index (κ2) is 10.5. The molecule has 0 radical (unpaired) electrons. The standard InChI is InChI=1S/C24H25N3O6S2/c1-3-33-23(29)21-20(16-8-5-4-6-9-16)25-24(34-21)26-22(28)19-10-7-15-27(19)35(30,31)18-13-11-17(32-2)12-14-18/h4-6,8-9,11-14,19H,3,7,10,15H2,1-2H3,(H,25,26,28). The van der Waals surface area contributed by atoms with Crippen molar-refractivity contribution >= 4 is 38.4 Å². The van der Waals surface area contributed by atoms with Crippen LogP contribution in [0.4, 0.5) is 5.13 Å². The molecule has 3 aromatic rings. The molecular formula is C24H25N3O6S2. The molecule has 1 N–H and O–H groups in total. The minimum absolute atomic E-state index is 0.0863. The van der Waals surface area contributed by atoms with Gasteiger partial charge in [0.25, 0.3) is 0 Å². The molecule has 1 saturated heterocycles. The molecule has 1 aromatic heterocycles. The van der Waals surface area contributed by atoms with Crippen molar-refractivity contribution in [2.45, 2.75) is 30.7 Å². The number of hydrogen-bond donors (Lipinski definition) is 1. The highest BCUT2D eigenvalue weighted by Gasteiger charge is 2.40. The van der Waals surface area contributed by atoms with Crippen LogP contribution in [-0.2, 0) is 19.6 Å². The third kappa shape index (κ3) is 5.21. The number of thiazole rings is 1. The predicted octanol–water partition coefficient (Wildman–Crippen LogP) is 3.79. The average molecular weight is 516 g/mol. The summed E-state index contributed by atoms with van der Waals surface area (Å²) in [6, 6.07) is 14.3. The average Bonchev–Trinajstić information content (AvgIpc) is 3.53. The van der Waals surface area contributed by atoms with E-state index in [2.05, 4.69) is 10.3 Å². The van der Waals surface area contributed by atoms with Crippen LogP contribution < -0.4 is 10.1 Å². The molecular weight excluding hydrogens is 490 g/mol. The Morgan fingerprint density at radius 2 is 1.86 bits per heavy atom. The summed E-state index contributed by atoms with van der Waals surface area (Å²) in [7, 11) is -2.39. The first-order chi connectivity index (χ1) is 16.8. The van der Waals surface area contributed by atoms with E-state index in [1.807, 2.05) is 30.3 Å². The number of carbonyl (C=O) groups excluding carboxylic acids is 2. The lowest BCUT2D eigenvalue weighted by Crippen LogP contribution is -2.43. The van der Waals surface area contributed by atoms with Crippen molar-refractivity contribution in [2.24, 2.45) is 0 Å². The summed E-state index contributed by atoms with van der Waals surface area (Å²) in [5.41, 5.74) is 1.11. The Balaban J connectivity index is 1.58. The first kappa shape index (κ1) is 24.8. The second-order valence-corrected chi connectivity index (χ2v) is 10.6. The maximum Gasteiger partial charge on any atom is 0.350 e. The van der Waals surface area contributed by atoms with Crippen molar-refractivity contribution in [3.8, 4) is 17.0 Å². The van der Waals surface area contributed by atoms with E-state index in [1.165, 1.54) is 23.5 Å². The number of esters is 1. The number of amides is 1. The molecule has 2 aromatic carbocycles. The van der Waals surface area contributed by atoms with Gasteiger partial charge in [-0.05, 0) is 44.0 Å². The molecule has 9 nitrogen and oxygen atoms in total. The number of nitrogens with zero attached hydrogens (tertiary/aromatic N) is 2. The van der Waals surface area contributed by atoms with E-state index in [0.29, 0.717) is 29.8 Å². The molecule has 1 fully saturated rings. The highest BCUT2D eigenvalue weighted by atomic mass is 32.2. The first-order valence-corrected chi connectivity index (χ1v) is 13.3. The second-order valence-electron chi connectivity index (χ2n) is 7.72. The molecule has 0 aliphatic carbocycles. The summed E-state index contributed by atoms with van der Waals surface area (Å²) in [6.07, 6.45) is 0.928. The Morgan fingerprint density at radius 1 is 1.14 bits per heavy atom. The lowest BCUT2D eigenvalue weighted by Gasteiger charge is -2.23. The van der Waals surface area contributed by atoms with Crippen molar-refractivity contribution in [3.05, 3.63) is 59.5 Å². The number of benzene rings is 2. The summed E-state index contributed by atoms with van der Waals surface area (Å²) in [6.45, 7) is 2.14. The smallest absolute Gasteiger partial charge is 0.350 e. The van der Waals surface area contributed by atoms with Crippen LogP contribution in [0, 0.1) is 0 Å². The van der Waals surface area contributed by atoms with E-state index >= 15 is 0 Å². The van der Waals surface area contributed by atoms with Crippen LogP contribution in [0.15, 0.2) is 59.5 Å². The van der Waals surface area contributed by atoms with Crippen LogP contribution in [-0.4, -0.2) is 55.9 Å². The van der Waals surface area contributed by atoms with E-state index < -0.39 is 27.9 Å². The summed E-state index contributed by atoms with van der Waals surface area (Å²) in [5, 5.41) is 2.92. The van der Waals surface area contributed by atoms with Crippen LogP contribution in [0.3, 0.4) is 0 Å². The molecule has 184 valence electrons. The zero-order valence-electron chi connectivity index (χ0n) is 19.3. The van der Waals surface area contributed by atoms with Gasteiger partial charge in [0.15, 0.2) is 5.13 Å². The maximum atomic E-state index is 13.2. The fourth-order valence-electron chi connectivity index (χ4n) is 3.86. The predicted molar refractivity (Wildman–Crippen MR) is 132 cm³/mol. The van der Waals surface area contributed by atoms with Crippen LogP contribution >= 0.6 is 11.3 Å². The van der Waals surface area contributed by atoms with Gasteiger partial charge in [0.2, 0.25) is 15.9 Å². The van der Waals surface area contributed by atoms with E-state index in [9.17, 15) is 18.0 Å². The number of nitrogens with one attached hydrogen (secondary N) is 1. The Hall–Kier alpha value is -3.28. The van der Waals surface area contributed by atoms with Gasteiger partial charge in [0, 0.05) is 12.1 Å². The number of carbonyl (C=O) groups is 2. The first-order valence-electron chi connectivity index (χ1n) is 11.0. The molecule has 0 saturated carbocycles. The molecule has 1 aliphatic rings. The summed E-state index contributed by atoms with van der Waals surface area (Å²) in [5.74, 6) is -0.493. The van der Waals surface area contributed by atoms with Crippen LogP contribution in [0.2, 0.25) is 0 Å². The highest BCUT2D eigenvalue weighted by Crippen LogP contribution is 2.33. The number of rotatable bonds is 8. The van der Waals surface area contributed by atoms with Gasteiger partial charge in [-0.3, -0.25) is 4.79 Å². The van der Waals surface area contributed by atoms with Gasteiger partial charge < -0.3 is 14.8 Å². The molecule has 1 atom stereocenters. The van der Waals surface area contributed by atoms with E-state index in [1.54, 1.807) is 19.1 Å². The van der Waals surface area contributed by atoms with Gasteiger partial charge >= 0.3 is 5.97 Å². The van der Waals surface area contributed by atoms with Gasteiger partial charge in [0.05, 0.1) is 24.3 Å². The zero-order valence-corrected chi connectivity index (χ0v) is 20.9. The number of hydrogen-bond acceptors (Lipinski definition) is 8. The molecule has 2 heterocycles. The largest absolute Gasteiger partial charge is 0.497 e. The fraction of sp³-hybridized carbons (Fsp3) is 0.292. The number of methoxy groups -OCH3 is 1. The van der Waals surface area contributed by atoms with Crippen LogP contribution in [0.5, 0.6) is 5.75 Å². The molecule has 0 spiro atoms. The quantitative estimate of drug-likeness (QED) is 0.454. The van der Waals surface area contributed by atoms with Crippen LogP contribution in [0.25, 0.3) is 11.3 Å². The van der Waals surface area contributed by atoms with Gasteiger partial charge in [-0.2, -0.15) is 4.31 Å². The third-order valence-electron chi connectivity index (χ3n) is 5.54. The minimum atomic E-state index is -3.89. The van der Waals surface area contributed by atoms with Crippen molar-refractivity contribution in [3.63, 3.8) is 0 Å². The topological polar surface area (TPSA) is 115 Å². The van der Waals surface area contributed by atoms with Crippen molar-refractivity contribution in [1.29, 1.82) is 0 Å². The van der Waals surface area contributed by atoms with Crippen molar-refractivity contribution in [1.82, 2.24) is 9.29 Å². The number of anilines is 1. The lowest BCUT2D eigenvalue weighted by molar-refractivity contribution is -0.119. The Bertz CT molecular complexity index is 1310. The molecule has 35 heavy (non-hydrogen) atoms. The maximum absolute atomic E-state index is 13.2. The van der Waals surface area contributed by atoms with E-state index in [4.69, 9.17) is 9.47 Å². The van der Waals surface area contributed by atoms with Crippen molar-refractivity contribution in [2.75, 3.05) is 25.6 Å². The summed E-state index contributed by atoms with van der Waals surface area (Å²) in [4.78, 5) is 30.5. The Morgan fingerprint density at radius 3 is 2.51 bits per heavy atom. The molecule has 0 bridgehead atoms. The number of ether oxygens (including phenoxy) is 2. The Labute approximate surface area is 207 Å². The summed E-state index contributed by atoms with van der Waals surface area (Å²) < 4.78 is 37.9. The van der Waals surface area contributed by atoms with Gasteiger partial charge in [-0.25, -0.2) is 18.2 Å². The van der Waals surface area contributed by atoms with E-state index in [-0.39, 0.29) is 28.1 Å². The molecule has 1 unspecified atom stereocenters. The van der Waals surface area contributed by atoms with Crippen molar-refractivity contribution < 1.29 is 27.5 Å². The molecule has 11 heteroatoms. The van der Waals surface area contributed by atoms with E-state index in [0.717, 1.165) is 11.3 Å². The van der Waals surface area contributed by atoms with Crippen LogP contribution in [0.1, 0.15) is 29.4 Å². The highest BCUT2D eigenvalue weighted by molar-refractivity contribution is 7.89. The van der Waals surface area contributed by atoms with Gasteiger partial charge in [-0.15, -0.1) is 0 Å². The lowest BCUT2D eigenvalue weighted by atomic mass is 10.1. The monoisotopic (exact) mass is 515 g/mol. The van der Waals surface area contributed by atoms with Gasteiger partial charge in [0.1, 0.15) is 16.7 Å². The summed E-state index contributed by atoms with van der Waals surface area (Å²) >= 11 is 0.999. The minimum Gasteiger partial charge on any atom is -0.497 e. The molecule has 1 aliphatic heterocycles.